The molecule has 3 heteroatoms. The first-order valence-electron chi connectivity index (χ1n) is 6.21. The zero-order valence-electron chi connectivity index (χ0n) is 10.8. The molecular formula is C13H22N2O. The van der Waals surface area contributed by atoms with E-state index in [0.717, 1.165) is 25.5 Å². The number of nitrogens with zero attached hydrogens (tertiary/aromatic N) is 2. The van der Waals surface area contributed by atoms with Gasteiger partial charge < -0.3 is 4.74 Å². The van der Waals surface area contributed by atoms with E-state index in [2.05, 4.69) is 32.8 Å². The van der Waals surface area contributed by atoms with Gasteiger partial charge in [-0.2, -0.15) is 5.10 Å². The molecule has 0 aliphatic carbocycles. The van der Waals surface area contributed by atoms with Crippen LogP contribution in [-0.2, 0) is 12.0 Å². The third-order valence-corrected chi connectivity index (χ3v) is 3.37. The van der Waals surface area contributed by atoms with E-state index in [1.807, 2.05) is 10.9 Å². The molecule has 0 radical (unpaired) electrons. The molecule has 1 aliphatic rings. The van der Waals surface area contributed by atoms with Crippen molar-refractivity contribution in [3.05, 3.63) is 11.8 Å². The highest BCUT2D eigenvalue weighted by Crippen LogP contribution is 2.33. The molecule has 0 bridgehead atoms. The molecule has 1 aliphatic heterocycles. The lowest BCUT2D eigenvalue weighted by Crippen LogP contribution is -2.13. The highest BCUT2D eigenvalue weighted by atomic mass is 16.5. The average Bonchev–Trinajstić information content (AvgIpc) is 2.49. The molecule has 90 valence electrons. The van der Waals surface area contributed by atoms with Crippen molar-refractivity contribution in [1.29, 1.82) is 0 Å². The fourth-order valence-corrected chi connectivity index (χ4v) is 2.16. The first kappa shape index (κ1) is 11.5. The van der Waals surface area contributed by atoms with E-state index in [-0.39, 0.29) is 5.41 Å². The normalized spacial score (nSPS) is 21.1. The van der Waals surface area contributed by atoms with E-state index >= 15 is 0 Å². The Hall–Kier alpha value is -0.990. The molecule has 2 heterocycles. The lowest BCUT2D eigenvalue weighted by atomic mass is 9.89. The minimum absolute atomic E-state index is 0.111. The summed E-state index contributed by atoms with van der Waals surface area (Å²) in [5.74, 6) is 1.69. The Morgan fingerprint density at radius 2 is 2.25 bits per heavy atom. The fraction of sp³-hybridized carbons (Fsp3) is 0.769. The molecule has 0 N–H and O–H groups in total. The maximum atomic E-state index is 5.88. The summed E-state index contributed by atoms with van der Waals surface area (Å²) < 4.78 is 7.92. The first-order valence-corrected chi connectivity index (χ1v) is 6.21. The summed E-state index contributed by atoms with van der Waals surface area (Å²) in [6.45, 7) is 10.7. The minimum Gasteiger partial charge on any atom is -0.478 e. The Kier molecular flexibility index (Phi) is 2.96. The van der Waals surface area contributed by atoms with Crippen LogP contribution in [0.15, 0.2) is 6.20 Å². The maximum Gasteiger partial charge on any atom is 0.215 e. The van der Waals surface area contributed by atoms with Crippen LogP contribution in [0.4, 0.5) is 0 Å². The van der Waals surface area contributed by atoms with Crippen molar-refractivity contribution < 1.29 is 4.74 Å². The number of rotatable bonds is 1. The Labute approximate surface area is 97.8 Å². The van der Waals surface area contributed by atoms with Crippen molar-refractivity contribution in [3.63, 3.8) is 0 Å². The molecule has 1 atom stereocenters. The van der Waals surface area contributed by atoms with Crippen molar-refractivity contribution in [3.8, 4) is 5.88 Å². The second-order valence-corrected chi connectivity index (χ2v) is 5.71. The van der Waals surface area contributed by atoms with Gasteiger partial charge in [0.1, 0.15) is 0 Å². The van der Waals surface area contributed by atoms with E-state index in [1.54, 1.807) is 0 Å². The fourth-order valence-electron chi connectivity index (χ4n) is 2.16. The Morgan fingerprint density at radius 1 is 1.50 bits per heavy atom. The van der Waals surface area contributed by atoms with Gasteiger partial charge in [0.2, 0.25) is 5.88 Å². The third-order valence-electron chi connectivity index (χ3n) is 3.37. The summed E-state index contributed by atoms with van der Waals surface area (Å²) in [6, 6.07) is 0. The standard InChI is InChI=1S/C13H22N2O/c1-5-10-6-7-16-12-11(13(2,3)4)8-14-15(12)9-10/h8,10H,5-7,9H2,1-4H3. The third kappa shape index (κ3) is 2.08. The molecule has 0 amide bonds. The summed E-state index contributed by atoms with van der Waals surface area (Å²) in [7, 11) is 0. The van der Waals surface area contributed by atoms with Gasteiger partial charge >= 0.3 is 0 Å². The van der Waals surface area contributed by atoms with Gasteiger partial charge in [-0.1, -0.05) is 34.1 Å². The number of fused-ring (bicyclic) bond motifs is 1. The van der Waals surface area contributed by atoms with Crippen molar-refractivity contribution in [2.24, 2.45) is 5.92 Å². The summed E-state index contributed by atoms with van der Waals surface area (Å²) in [5.41, 5.74) is 1.34. The average molecular weight is 222 g/mol. The Morgan fingerprint density at radius 3 is 2.88 bits per heavy atom. The van der Waals surface area contributed by atoms with Crippen molar-refractivity contribution in [1.82, 2.24) is 9.78 Å². The van der Waals surface area contributed by atoms with Gasteiger partial charge in [0.15, 0.2) is 0 Å². The van der Waals surface area contributed by atoms with Crippen LogP contribution < -0.4 is 4.74 Å². The monoisotopic (exact) mass is 222 g/mol. The number of ether oxygens (including phenoxy) is 1. The lowest BCUT2D eigenvalue weighted by molar-refractivity contribution is 0.284. The van der Waals surface area contributed by atoms with Crippen LogP contribution in [-0.4, -0.2) is 16.4 Å². The highest BCUT2D eigenvalue weighted by molar-refractivity contribution is 5.31. The van der Waals surface area contributed by atoms with Crippen molar-refractivity contribution >= 4 is 0 Å². The summed E-state index contributed by atoms with van der Waals surface area (Å²) in [4.78, 5) is 0. The van der Waals surface area contributed by atoms with Crippen LogP contribution in [0.25, 0.3) is 0 Å². The zero-order chi connectivity index (χ0) is 11.8. The Bertz CT molecular complexity index is 362. The molecule has 1 aromatic heterocycles. The predicted octanol–water partition coefficient (Wildman–Crippen LogP) is 2.99. The van der Waals surface area contributed by atoms with E-state index in [0.29, 0.717) is 5.92 Å². The largest absolute Gasteiger partial charge is 0.478 e. The number of aromatic nitrogens is 2. The summed E-state index contributed by atoms with van der Waals surface area (Å²) in [6.07, 6.45) is 4.31. The van der Waals surface area contributed by atoms with Gasteiger partial charge in [-0.25, -0.2) is 4.68 Å². The molecule has 0 spiro atoms. The van der Waals surface area contributed by atoms with Gasteiger partial charge in [0.25, 0.3) is 0 Å². The van der Waals surface area contributed by atoms with E-state index < -0.39 is 0 Å². The van der Waals surface area contributed by atoms with Gasteiger partial charge in [-0.3, -0.25) is 0 Å². The maximum absolute atomic E-state index is 5.88. The van der Waals surface area contributed by atoms with E-state index in [4.69, 9.17) is 4.74 Å². The molecule has 0 aromatic carbocycles. The molecule has 16 heavy (non-hydrogen) atoms. The number of hydrogen-bond acceptors (Lipinski definition) is 2. The quantitative estimate of drug-likeness (QED) is 0.730. The molecule has 0 fully saturated rings. The molecule has 2 rings (SSSR count). The Balaban J connectivity index is 2.32. The van der Waals surface area contributed by atoms with Gasteiger partial charge in [-0.15, -0.1) is 0 Å². The topological polar surface area (TPSA) is 27.1 Å². The zero-order valence-corrected chi connectivity index (χ0v) is 10.8. The smallest absolute Gasteiger partial charge is 0.215 e. The van der Waals surface area contributed by atoms with Crippen LogP contribution in [0.5, 0.6) is 5.88 Å². The van der Waals surface area contributed by atoms with E-state index in [9.17, 15) is 0 Å². The molecular weight excluding hydrogens is 200 g/mol. The van der Waals surface area contributed by atoms with Gasteiger partial charge in [-0.05, 0) is 17.8 Å². The van der Waals surface area contributed by atoms with Crippen LogP contribution in [0.2, 0.25) is 0 Å². The first-order chi connectivity index (χ1) is 7.52. The van der Waals surface area contributed by atoms with Crippen LogP contribution in [0, 0.1) is 5.92 Å². The molecule has 1 unspecified atom stereocenters. The minimum atomic E-state index is 0.111. The lowest BCUT2D eigenvalue weighted by Gasteiger charge is -2.18. The number of hydrogen-bond donors (Lipinski definition) is 0. The molecule has 0 saturated heterocycles. The molecule has 0 saturated carbocycles. The SMILES string of the molecule is CCC1CCOc2c(C(C)(C)C)cnn2C1. The summed E-state index contributed by atoms with van der Waals surface area (Å²) in [5, 5.41) is 4.47. The van der Waals surface area contributed by atoms with E-state index in [1.165, 1.54) is 12.0 Å². The van der Waals surface area contributed by atoms with Gasteiger partial charge in [0.05, 0.1) is 12.8 Å². The second-order valence-electron chi connectivity index (χ2n) is 5.71. The second kappa shape index (κ2) is 4.11. The summed E-state index contributed by atoms with van der Waals surface area (Å²) >= 11 is 0. The van der Waals surface area contributed by atoms with Gasteiger partial charge in [0, 0.05) is 12.1 Å². The van der Waals surface area contributed by atoms with Crippen LogP contribution in [0.1, 0.15) is 46.1 Å². The highest BCUT2D eigenvalue weighted by Gasteiger charge is 2.26. The van der Waals surface area contributed by atoms with Crippen molar-refractivity contribution in [2.75, 3.05) is 6.61 Å². The molecule has 3 nitrogen and oxygen atoms in total. The molecule has 1 aromatic rings. The predicted molar refractivity (Wildman–Crippen MR) is 64.8 cm³/mol. The van der Waals surface area contributed by atoms with Crippen molar-refractivity contribution in [2.45, 2.75) is 52.5 Å². The van der Waals surface area contributed by atoms with Crippen LogP contribution in [0.3, 0.4) is 0 Å². The van der Waals surface area contributed by atoms with Crippen LogP contribution >= 0.6 is 0 Å².